The lowest BCUT2D eigenvalue weighted by Gasteiger charge is -2.16. The van der Waals surface area contributed by atoms with Crippen molar-refractivity contribution in [3.8, 4) is 0 Å². The van der Waals surface area contributed by atoms with Gasteiger partial charge in [0, 0.05) is 26.1 Å². The first-order valence-corrected chi connectivity index (χ1v) is 8.95. The standard InChI is InChI=1S/C21H23FN2O2/c22-19-8-6-17(7-9-19)11-13-24-15-18(14-20(24)25)21(26)23-12-10-16-4-2-1-3-5-16/h1-9,18H,10-15H2,(H,23,26)/t18-/m0/s1. The lowest BCUT2D eigenvalue weighted by atomic mass is 10.1. The number of likely N-dealkylation sites (tertiary alicyclic amines) is 1. The molecule has 3 rings (SSSR count). The van der Waals surface area contributed by atoms with E-state index in [9.17, 15) is 14.0 Å². The Hall–Kier alpha value is -2.69. The van der Waals surface area contributed by atoms with Gasteiger partial charge in [-0.1, -0.05) is 42.5 Å². The molecular weight excluding hydrogens is 331 g/mol. The molecule has 0 radical (unpaired) electrons. The molecule has 4 nitrogen and oxygen atoms in total. The average molecular weight is 354 g/mol. The fraction of sp³-hybridized carbons (Fsp3) is 0.333. The molecule has 1 aliphatic heterocycles. The van der Waals surface area contributed by atoms with Crippen LogP contribution in [0.2, 0.25) is 0 Å². The third-order valence-corrected chi connectivity index (χ3v) is 4.72. The van der Waals surface area contributed by atoms with E-state index < -0.39 is 0 Å². The van der Waals surface area contributed by atoms with Crippen LogP contribution in [0, 0.1) is 11.7 Å². The molecule has 1 N–H and O–H groups in total. The summed E-state index contributed by atoms with van der Waals surface area (Å²) in [6, 6.07) is 16.3. The molecule has 1 atom stereocenters. The predicted molar refractivity (Wildman–Crippen MR) is 97.9 cm³/mol. The van der Waals surface area contributed by atoms with E-state index in [1.807, 2.05) is 30.3 Å². The molecule has 0 aromatic heterocycles. The Kier molecular flexibility index (Phi) is 6.00. The molecule has 0 bridgehead atoms. The van der Waals surface area contributed by atoms with Crippen LogP contribution in [0.3, 0.4) is 0 Å². The van der Waals surface area contributed by atoms with Crippen molar-refractivity contribution in [2.24, 2.45) is 5.92 Å². The maximum absolute atomic E-state index is 12.9. The molecule has 26 heavy (non-hydrogen) atoms. The van der Waals surface area contributed by atoms with Crippen molar-refractivity contribution in [3.05, 3.63) is 71.5 Å². The van der Waals surface area contributed by atoms with Gasteiger partial charge in [0.2, 0.25) is 11.8 Å². The number of hydrogen-bond donors (Lipinski definition) is 1. The maximum Gasteiger partial charge on any atom is 0.225 e. The second kappa shape index (κ2) is 8.61. The summed E-state index contributed by atoms with van der Waals surface area (Å²) in [5.74, 6) is -0.599. The topological polar surface area (TPSA) is 49.4 Å². The number of nitrogens with one attached hydrogen (secondary N) is 1. The highest BCUT2D eigenvalue weighted by Crippen LogP contribution is 2.18. The number of amides is 2. The van der Waals surface area contributed by atoms with Crippen LogP contribution < -0.4 is 5.32 Å². The van der Waals surface area contributed by atoms with Gasteiger partial charge in [-0.3, -0.25) is 9.59 Å². The minimum Gasteiger partial charge on any atom is -0.355 e. The molecule has 1 fully saturated rings. The zero-order valence-electron chi connectivity index (χ0n) is 14.7. The first kappa shape index (κ1) is 18.1. The fourth-order valence-corrected chi connectivity index (χ4v) is 3.20. The molecule has 5 heteroatoms. The lowest BCUT2D eigenvalue weighted by molar-refractivity contribution is -0.129. The largest absolute Gasteiger partial charge is 0.355 e. The van der Waals surface area contributed by atoms with Crippen molar-refractivity contribution in [1.29, 1.82) is 0 Å². The van der Waals surface area contributed by atoms with Gasteiger partial charge >= 0.3 is 0 Å². The number of benzene rings is 2. The van der Waals surface area contributed by atoms with E-state index in [1.54, 1.807) is 17.0 Å². The maximum atomic E-state index is 12.9. The second-order valence-corrected chi connectivity index (χ2v) is 6.64. The molecule has 2 amide bonds. The zero-order chi connectivity index (χ0) is 18.4. The first-order valence-electron chi connectivity index (χ1n) is 8.95. The van der Waals surface area contributed by atoms with Gasteiger partial charge in [-0.05, 0) is 36.1 Å². The van der Waals surface area contributed by atoms with Crippen molar-refractivity contribution in [2.45, 2.75) is 19.3 Å². The Morgan fingerprint density at radius 1 is 1.04 bits per heavy atom. The normalized spacial score (nSPS) is 16.7. The SMILES string of the molecule is O=C(NCCc1ccccc1)[C@H]1CC(=O)N(CCc2ccc(F)cc2)C1. The second-order valence-electron chi connectivity index (χ2n) is 6.64. The zero-order valence-corrected chi connectivity index (χ0v) is 14.7. The molecule has 0 spiro atoms. The molecule has 0 unspecified atom stereocenters. The number of rotatable bonds is 7. The van der Waals surface area contributed by atoms with E-state index in [0.29, 0.717) is 26.1 Å². The van der Waals surface area contributed by atoms with Crippen LogP contribution in [0.25, 0.3) is 0 Å². The van der Waals surface area contributed by atoms with E-state index >= 15 is 0 Å². The average Bonchev–Trinajstić information content (AvgIpc) is 3.03. The van der Waals surface area contributed by atoms with Gasteiger partial charge in [-0.15, -0.1) is 0 Å². The predicted octanol–water partition coefficient (Wildman–Crippen LogP) is 2.58. The van der Waals surface area contributed by atoms with Crippen LogP contribution in [-0.2, 0) is 22.4 Å². The molecule has 1 saturated heterocycles. The van der Waals surface area contributed by atoms with Gasteiger partial charge in [0.15, 0.2) is 0 Å². The lowest BCUT2D eigenvalue weighted by Crippen LogP contribution is -2.34. The molecule has 1 heterocycles. The smallest absolute Gasteiger partial charge is 0.225 e. The number of nitrogens with zero attached hydrogens (tertiary/aromatic N) is 1. The van der Waals surface area contributed by atoms with Crippen LogP contribution in [0.15, 0.2) is 54.6 Å². The van der Waals surface area contributed by atoms with Gasteiger partial charge in [0.25, 0.3) is 0 Å². The van der Waals surface area contributed by atoms with E-state index in [2.05, 4.69) is 5.32 Å². The van der Waals surface area contributed by atoms with Crippen LogP contribution in [-0.4, -0.2) is 36.3 Å². The van der Waals surface area contributed by atoms with E-state index in [4.69, 9.17) is 0 Å². The van der Waals surface area contributed by atoms with Crippen molar-refractivity contribution < 1.29 is 14.0 Å². The van der Waals surface area contributed by atoms with Gasteiger partial charge in [-0.2, -0.15) is 0 Å². The van der Waals surface area contributed by atoms with Crippen LogP contribution in [0.1, 0.15) is 17.5 Å². The van der Waals surface area contributed by atoms with E-state index in [1.165, 1.54) is 17.7 Å². The molecule has 0 saturated carbocycles. The molecule has 0 aliphatic carbocycles. The fourth-order valence-electron chi connectivity index (χ4n) is 3.20. The van der Waals surface area contributed by atoms with Crippen LogP contribution >= 0.6 is 0 Å². The van der Waals surface area contributed by atoms with Crippen molar-refractivity contribution in [3.63, 3.8) is 0 Å². The van der Waals surface area contributed by atoms with Gasteiger partial charge < -0.3 is 10.2 Å². The van der Waals surface area contributed by atoms with Crippen molar-refractivity contribution in [1.82, 2.24) is 10.2 Å². The highest BCUT2D eigenvalue weighted by Gasteiger charge is 2.33. The molecular formula is C21H23FN2O2. The summed E-state index contributed by atoms with van der Waals surface area (Å²) in [6.45, 7) is 1.58. The van der Waals surface area contributed by atoms with Crippen LogP contribution in [0.4, 0.5) is 4.39 Å². The van der Waals surface area contributed by atoms with E-state index in [0.717, 1.165) is 12.0 Å². The molecule has 1 aliphatic rings. The summed E-state index contributed by atoms with van der Waals surface area (Å²) in [7, 11) is 0. The number of carbonyl (C=O) groups is 2. The Bertz CT molecular complexity index is 746. The van der Waals surface area contributed by atoms with Gasteiger partial charge in [0.1, 0.15) is 5.82 Å². The highest BCUT2D eigenvalue weighted by atomic mass is 19.1. The Morgan fingerprint density at radius 2 is 1.73 bits per heavy atom. The van der Waals surface area contributed by atoms with Gasteiger partial charge in [-0.25, -0.2) is 4.39 Å². The minimum absolute atomic E-state index is 0.00956. The summed E-state index contributed by atoms with van der Waals surface area (Å²) in [4.78, 5) is 26.2. The Labute approximate surface area is 153 Å². The monoisotopic (exact) mass is 354 g/mol. The first-order chi connectivity index (χ1) is 12.6. The summed E-state index contributed by atoms with van der Waals surface area (Å²) >= 11 is 0. The van der Waals surface area contributed by atoms with E-state index in [-0.39, 0.29) is 30.0 Å². The summed E-state index contributed by atoms with van der Waals surface area (Å²) in [5.41, 5.74) is 2.16. The van der Waals surface area contributed by atoms with Crippen LogP contribution in [0.5, 0.6) is 0 Å². The van der Waals surface area contributed by atoms with Crippen molar-refractivity contribution >= 4 is 11.8 Å². The minimum atomic E-state index is -0.286. The summed E-state index contributed by atoms with van der Waals surface area (Å²) < 4.78 is 12.9. The Balaban J connectivity index is 1.43. The number of carbonyl (C=O) groups excluding carboxylic acids is 2. The molecule has 136 valence electrons. The highest BCUT2D eigenvalue weighted by molar-refractivity contribution is 5.89. The third kappa shape index (κ3) is 4.91. The molecule has 2 aromatic rings. The quantitative estimate of drug-likeness (QED) is 0.831. The summed E-state index contributed by atoms with van der Waals surface area (Å²) in [5, 5.41) is 2.93. The number of halogens is 1. The molecule has 2 aromatic carbocycles. The van der Waals surface area contributed by atoms with Crippen molar-refractivity contribution in [2.75, 3.05) is 19.6 Å². The van der Waals surface area contributed by atoms with Gasteiger partial charge in [0.05, 0.1) is 5.92 Å². The Morgan fingerprint density at radius 3 is 2.46 bits per heavy atom. The number of hydrogen-bond acceptors (Lipinski definition) is 2. The third-order valence-electron chi connectivity index (χ3n) is 4.72. The summed E-state index contributed by atoms with van der Waals surface area (Å²) in [6.07, 6.45) is 1.70.